The van der Waals surface area contributed by atoms with Crippen LogP contribution in [0, 0.1) is 5.92 Å². The van der Waals surface area contributed by atoms with Gasteiger partial charge in [0.25, 0.3) is 5.91 Å². The number of carbonyl (C=O) groups is 1. The van der Waals surface area contributed by atoms with E-state index in [1.54, 1.807) is 28.6 Å². The van der Waals surface area contributed by atoms with Crippen molar-refractivity contribution >= 4 is 15.9 Å². The third-order valence-electron chi connectivity index (χ3n) is 6.26. The first-order valence-electron chi connectivity index (χ1n) is 11.6. The number of sulfonamides is 1. The summed E-state index contributed by atoms with van der Waals surface area (Å²) in [5.41, 5.74) is 1.70. The predicted octanol–water partition coefficient (Wildman–Crippen LogP) is 3.46. The molecule has 2 aliphatic rings. The minimum atomic E-state index is -3.63. The van der Waals surface area contributed by atoms with E-state index in [4.69, 9.17) is 0 Å². The molecule has 0 atom stereocenters. The van der Waals surface area contributed by atoms with Gasteiger partial charge in [-0.05, 0) is 48.9 Å². The molecule has 1 aliphatic carbocycles. The van der Waals surface area contributed by atoms with E-state index < -0.39 is 10.0 Å². The Morgan fingerprint density at radius 3 is 2.38 bits per heavy atom. The fraction of sp³-hybridized carbons (Fsp3) is 0.480. The van der Waals surface area contributed by atoms with Gasteiger partial charge in [0.2, 0.25) is 10.0 Å². The highest BCUT2D eigenvalue weighted by Crippen LogP contribution is 2.30. The lowest BCUT2D eigenvalue weighted by molar-refractivity contribution is 0.0747. The molecule has 172 valence electrons. The molecule has 1 aliphatic heterocycles. The molecule has 0 radical (unpaired) electrons. The monoisotopic (exact) mass is 455 g/mol. The van der Waals surface area contributed by atoms with Gasteiger partial charge in [-0.1, -0.05) is 43.3 Å². The van der Waals surface area contributed by atoms with E-state index in [1.165, 1.54) is 18.4 Å². The third kappa shape index (κ3) is 5.57. The molecule has 0 bridgehead atoms. The van der Waals surface area contributed by atoms with E-state index in [-0.39, 0.29) is 10.8 Å². The number of amides is 1. The van der Waals surface area contributed by atoms with Crippen molar-refractivity contribution in [1.82, 2.24) is 14.1 Å². The zero-order chi connectivity index (χ0) is 22.6. The molecular weight excluding hydrogens is 422 g/mol. The first-order chi connectivity index (χ1) is 15.5. The van der Waals surface area contributed by atoms with Crippen LogP contribution in [0.15, 0.2) is 59.5 Å². The van der Waals surface area contributed by atoms with Crippen LogP contribution in [0.5, 0.6) is 0 Å². The van der Waals surface area contributed by atoms with Gasteiger partial charge in [0.1, 0.15) is 0 Å². The molecule has 1 saturated carbocycles. The number of hydrogen-bond acceptors (Lipinski definition) is 4. The maximum Gasteiger partial charge on any atom is 0.253 e. The van der Waals surface area contributed by atoms with E-state index in [0.717, 1.165) is 19.5 Å². The van der Waals surface area contributed by atoms with Crippen molar-refractivity contribution in [3.63, 3.8) is 0 Å². The van der Waals surface area contributed by atoms with Crippen LogP contribution >= 0.6 is 0 Å². The van der Waals surface area contributed by atoms with Crippen LogP contribution in [-0.2, 0) is 16.6 Å². The molecule has 6 nitrogen and oxygen atoms in total. The zero-order valence-electron chi connectivity index (χ0n) is 18.8. The molecule has 0 spiro atoms. The topological polar surface area (TPSA) is 60.9 Å². The van der Waals surface area contributed by atoms with Crippen molar-refractivity contribution in [1.29, 1.82) is 0 Å². The second-order valence-corrected chi connectivity index (χ2v) is 10.8. The van der Waals surface area contributed by atoms with Crippen molar-refractivity contribution in [3.05, 3.63) is 65.7 Å². The van der Waals surface area contributed by atoms with Crippen molar-refractivity contribution in [2.24, 2.45) is 5.92 Å². The van der Waals surface area contributed by atoms with Crippen LogP contribution in [0.1, 0.15) is 42.1 Å². The van der Waals surface area contributed by atoms with Gasteiger partial charge >= 0.3 is 0 Å². The molecule has 1 saturated heterocycles. The van der Waals surface area contributed by atoms with Gasteiger partial charge in [0.05, 0.1) is 4.90 Å². The van der Waals surface area contributed by atoms with Gasteiger partial charge in [0, 0.05) is 51.4 Å². The molecule has 1 amide bonds. The van der Waals surface area contributed by atoms with E-state index in [9.17, 15) is 13.2 Å². The Labute approximate surface area is 191 Å². The average Bonchev–Trinajstić information content (AvgIpc) is 3.64. The fourth-order valence-electron chi connectivity index (χ4n) is 4.25. The van der Waals surface area contributed by atoms with Gasteiger partial charge in [-0.2, -0.15) is 4.31 Å². The number of piperazine rings is 1. The minimum absolute atomic E-state index is 0.0662. The van der Waals surface area contributed by atoms with Gasteiger partial charge in [-0.25, -0.2) is 8.42 Å². The Balaban J connectivity index is 1.42. The highest BCUT2D eigenvalue weighted by Gasteiger charge is 2.30. The van der Waals surface area contributed by atoms with Crippen LogP contribution in [0.3, 0.4) is 0 Å². The number of carbonyl (C=O) groups excluding carboxylic acids is 1. The second-order valence-electron chi connectivity index (χ2n) is 8.89. The highest BCUT2D eigenvalue weighted by molar-refractivity contribution is 7.89. The Bertz CT molecular complexity index is 1010. The lowest BCUT2D eigenvalue weighted by atomic mass is 10.2. The highest BCUT2D eigenvalue weighted by atomic mass is 32.2. The lowest BCUT2D eigenvalue weighted by Crippen LogP contribution is -2.48. The summed E-state index contributed by atoms with van der Waals surface area (Å²) < 4.78 is 28.1. The summed E-state index contributed by atoms with van der Waals surface area (Å²) in [7, 11) is -3.63. The van der Waals surface area contributed by atoms with Crippen LogP contribution in [0.2, 0.25) is 0 Å². The molecule has 32 heavy (non-hydrogen) atoms. The molecule has 2 aromatic rings. The number of rotatable bonds is 9. The molecule has 0 aromatic heterocycles. The van der Waals surface area contributed by atoms with Crippen molar-refractivity contribution in [2.75, 3.05) is 39.3 Å². The predicted molar refractivity (Wildman–Crippen MR) is 126 cm³/mol. The first-order valence-corrected chi connectivity index (χ1v) is 13.1. The average molecular weight is 456 g/mol. The van der Waals surface area contributed by atoms with Crippen LogP contribution in [0.4, 0.5) is 0 Å². The molecule has 1 heterocycles. The van der Waals surface area contributed by atoms with Gasteiger partial charge in [0.15, 0.2) is 0 Å². The SMILES string of the molecule is CCCN(CC1CC1)C(=O)c1cccc(S(=O)(=O)N2CCN(Cc3ccccc3)CC2)c1. The molecule has 2 aromatic carbocycles. The molecule has 4 rings (SSSR count). The first kappa shape index (κ1) is 23.0. The summed E-state index contributed by atoms with van der Waals surface area (Å²) in [6.45, 7) is 6.66. The zero-order valence-corrected chi connectivity index (χ0v) is 19.6. The van der Waals surface area contributed by atoms with Crippen LogP contribution in [-0.4, -0.2) is 67.7 Å². The third-order valence-corrected chi connectivity index (χ3v) is 8.15. The van der Waals surface area contributed by atoms with Crippen LogP contribution < -0.4 is 0 Å². The number of nitrogens with zero attached hydrogens (tertiary/aromatic N) is 3. The maximum absolute atomic E-state index is 13.3. The summed E-state index contributed by atoms with van der Waals surface area (Å²) in [4.78, 5) is 17.5. The van der Waals surface area contributed by atoms with Gasteiger partial charge in [-0.15, -0.1) is 0 Å². The Morgan fingerprint density at radius 2 is 1.72 bits per heavy atom. The quantitative estimate of drug-likeness (QED) is 0.581. The standard InChI is InChI=1S/C25H33N3O3S/c1-2-13-27(20-22-11-12-22)25(29)23-9-6-10-24(18-23)32(30,31)28-16-14-26(15-17-28)19-21-7-4-3-5-8-21/h3-10,18,22H,2,11-17,19-20H2,1H3. The number of hydrogen-bond donors (Lipinski definition) is 0. The molecular formula is C25H33N3O3S. The smallest absolute Gasteiger partial charge is 0.253 e. The Kier molecular flexibility index (Phi) is 7.28. The van der Waals surface area contributed by atoms with Gasteiger partial charge < -0.3 is 4.90 Å². The number of benzene rings is 2. The lowest BCUT2D eigenvalue weighted by Gasteiger charge is -2.34. The van der Waals surface area contributed by atoms with Crippen molar-refractivity contribution in [3.8, 4) is 0 Å². The molecule has 7 heteroatoms. The molecule has 2 fully saturated rings. The van der Waals surface area contributed by atoms with Gasteiger partial charge in [-0.3, -0.25) is 9.69 Å². The normalized spacial score (nSPS) is 17.9. The van der Waals surface area contributed by atoms with E-state index in [1.807, 2.05) is 23.1 Å². The summed E-state index contributed by atoms with van der Waals surface area (Å²) in [6, 6.07) is 16.8. The van der Waals surface area contributed by atoms with E-state index in [0.29, 0.717) is 44.2 Å². The van der Waals surface area contributed by atoms with E-state index >= 15 is 0 Å². The maximum atomic E-state index is 13.3. The second kappa shape index (κ2) is 10.1. The largest absolute Gasteiger partial charge is 0.338 e. The summed E-state index contributed by atoms with van der Waals surface area (Å²) in [5, 5.41) is 0. The summed E-state index contributed by atoms with van der Waals surface area (Å²) >= 11 is 0. The summed E-state index contributed by atoms with van der Waals surface area (Å²) in [5.74, 6) is 0.535. The minimum Gasteiger partial charge on any atom is -0.338 e. The Morgan fingerprint density at radius 1 is 1.00 bits per heavy atom. The van der Waals surface area contributed by atoms with Crippen molar-refractivity contribution < 1.29 is 13.2 Å². The molecule has 0 unspecified atom stereocenters. The summed E-state index contributed by atoms with van der Waals surface area (Å²) in [6.07, 6.45) is 3.25. The fourth-order valence-corrected chi connectivity index (χ4v) is 5.72. The Hall–Kier alpha value is -2.22. The molecule has 0 N–H and O–H groups in total. The van der Waals surface area contributed by atoms with E-state index in [2.05, 4.69) is 24.0 Å². The van der Waals surface area contributed by atoms with Crippen LogP contribution in [0.25, 0.3) is 0 Å². The van der Waals surface area contributed by atoms with Crippen molar-refractivity contribution in [2.45, 2.75) is 37.6 Å².